The van der Waals surface area contributed by atoms with E-state index in [4.69, 9.17) is 4.74 Å². The minimum atomic E-state index is -0.943. The zero-order valence-corrected chi connectivity index (χ0v) is 12.8. The molecular formula is C16H25NO3. The van der Waals surface area contributed by atoms with Crippen molar-refractivity contribution in [2.24, 2.45) is 0 Å². The van der Waals surface area contributed by atoms with Gasteiger partial charge >= 0.3 is 5.97 Å². The number of ether oxygens (including phenoxy) is 1. The van der Waals surface area contributed by atoms with Crippen LogP contribution in [-0.4, -0.2) is 29.8 Å². The van der Waals surface area contributed by atoms with Crippen molar-refractivity contribution >= 4 is 5.97 Å². The lowest BCUT2D eigenvalue weighted by Gasteiger charge is -2.26. The first-order valence-corrected chi connectivity index (χ1v) is 7.11. The second kappa shape index (κ2) is 7.29. The summed E-state index contributed by atoms with van der Waals surface area (Å²) >= 11 is 0. The lowest BCUT2D eigenvalue weighted by Crippen LogP contribution is -2.50. The van der Waals surface area contributed by atoms with Crippen LogP contribution in [0.3, 0.4) is 0 Å². The van der Waals surface area contributed by atoms with Gasteiger partial charge in [-0.1, -0.05) is 39.0 Å². The monoisotopic (exact) mass is 279 g/mol. The fourth-order valence-corrected chi connectivity index (χ4v) is 2.12. The molecule has 0 aliphatic rings. The van der Waals surface area contributed by atoms with Crippen molar-refractivity contribution in [1.82, 2.24) is 5.32 Å². The summed E-state index contributed by atoms with van der Waals surface area (Å²) in [4.78, 5) is 11.3. The van der Waals surface area contributed by atoms with Crippen LogP contribution in [0.15, 0.2) is 24.3 Å². The maximum Gasteiger partial charge on any atom is 0.323 e. The Kier molecular flexibility index (Phi) is 6.02. The Balaban J connectivity index is 2.66. The molecule has 112 valence electrons. The molecular weight excluding hydrogens is 254 g/mol. The highest BCUT2D eigenvalue weighted by Gasteiger charge is 2.31. The summed E-state index contributed by atoms with van der Waals surface area (Å²) in [7, 11) is 0. The molecule has 0 saturated heterocycles. The van der Waals surface area contributed by atoms with Gasteiger partial charge in [-0.2, -0.15) is 0 Å². The molecule has 0 spiro atoms. The van der Waals surface area contributed by atoms with Gasteiger partial charge in [-0.15, -0.1) is 0 Å². The molecule has 4 nitrogen and oxygen atoms in total. The van der Waals surface area contributed by atoms with Gasteiger partial charge in [0.2, 0.25) is 0 Å². The summed E-state index contributed by atoms with van der Waals surface area (Å²) in [5.74, 6) is 0.373. The molecule has 1 atom stereocenters. The van der Waals surface area contributed by atoms with Gasteiger partial charge in [0.05, 0.1) is 6.61 Å². The molecule has 0 aromatic heterocycles. The number of nitrogens with one attached hydrogen (secondary N) is 1. The second-order valence-electron chi connectivity index (χ2n) is 5.46. The van der Waals surface area contributed by atoms with E-state index in [-0.39, 0.29) is 0 Å². The number of para-hydroxylation sites is 1. The van der Waals surface area contributed by atoms with Gasteiger partial charge in [-0.25, -0.2) is 0 Å². The molecule has 1 aromatic rings. The van der Waals surface area contributed by atoms with Crippen molar-refractivity contribution in [2.45, 2.75) is 45.6 Å². The minimum Gasteiger partial charge on any atom is -0.493 e. The molecule has 0 saturated carbocycles. The predicted octanol–water partition coefficient (Wildman–Crippen LogP) is 3.03. The van der Waals surface area contributed by atoms with Crippen LogP contribution < -0.4 is 10.1 Å². The average Bonchev–Trinajstić information content (AvgIpc) is 2.39. The summed E-state index contributed by atoms with van der Waals surface area (Å²) in [6, 6.07) is 7.89. The molecule has 4 heteroatoms. The number of hydrogen-bond acceptors (Lipinski definition) is 3. The van der Waals surface area contributed by atoms with Crippen molar-refractivity contribution in [2.75, 3.05) is 13.2 Å². The van der Waals surface area contributed by atoms with E-state index < -0.39 is 11.5 Å². The number of carboxylic acids is 1. The molecule has 0 fully saturated rings. The van der Waals surface area contributed by atoms with Gasteiger partial charge in [0.15, 0.2) is 0 Å². The number of benzene rings is 1. The lowest BCUT2D eigenvalue weighted by atomic mass is 9.98. The van der Waals surface area contributed by atoms with Crippen LogP contribution in [0.2, 0.25) is 0 Å². The van der Waals surface area contributed by atoms with E-state index in [1.165, 1.54) is 0 Å². The van der Waals surface area contributed by atoms with Crippen LogP contribution in [0.25, 0.3) is 0 Å². The van der Waals surface area contributed by atoms with Gasteiger partial charge in [-0.05, 0) is 31.0 Å². The Hall–Kier alpha value is -1.55. The third-order valence-electron chi connectivity index (χ3n) is 3.44. The fraction of sp³-hybridized carbons (Fsp3) is 0.562. The highest BCUT2D eigenvalue weighted by molar-refractivity contribution is 5.78. The zero-order chi connectivity index (χ0) is 15.2. The Bertz CT molecular complexity index is 445. The molecule has 0 radical (unpaired) electrons. The van der Waals surface area contributed by atoms with Gasteiger partial charge in [0, 0.05) is 6.42 Å². The molecule has 1 rings (SSSR count). The zero-order valence-electron chi connectivity index (χ0n) is 12.8. The van der Waals surface area contributed by atoms with E-state index >= 15 is 0 Å². The molecule has 0 amide bonds. The number of carbonyl (C=O) groups is 1. The van der Waals surface area contributed by atoms with Crippen molar-refractivity contribution < 1.29 is 14.6 Å². The van der Waals surface area contributed by atoms with Crippen molar-refractivity contribution in [1.29, 1.82) is 0 Å². The Morgan fingerprint density at radius 3 is 2.60 bits per heavy atom. The topological polar surface area (TPSA) is 58.6 Å². The minimum absolute atomic E-state index is 0.375. The highest BCUT2D eigenvalue weighted by Crippen LogP contribution is 2.26. The van der Waals surface area contributed by atoms with Crippen molar-refractivity contribution in [3.63, 3.8) is 0 Å². The van der Waals surface area contributed by atoms with E-state index in [1.54, 1.807) is 6.92 Å². The van der Waals surface area contributed by atoms with Crippen LogP contribution in [0.4, 0.5) is 0 Å². The van der Waals surface area contributed by atoms with E-state index in [2.05, 4.69) is 19.2 Å². The summed E-state index contributed by atoms with van der Waals surface area (Å²) in [6.07, 6.45) is 0.419. The fourth-order valence-electron chi connectivity index (χ4n) is 2.12. The summed E-state index contributed by atoms with van der Waals surface area (Å²) in [6.45, 7) is 8.81. The lowest BCUT2D eigenvalue weighted by molar-refractivity contribution is -0.144. The smallest absolute Gasteiger partial charge is 0.323 e. The van der Waals surface area contributed by atoms with Gasteiger partial charge in [-0.3, -0.25) is 4.79 Å². The molecule has 0 bridgehead atoms. The standard InChI is InChI=1S/C16H25NO3/c1-5-17-16(4,15(18)19)10-11-20-14-9-7-6-8-13(14)12(2)3/h6-9,12,17H,5,10-11H2,1-4H3,(H,18,19). The van der Waals surface area contributed by atoms with Gasteiger partial charge < -0.3 is 15.2 Å². The third kappa shape index (κ3) is 4.23. The summed E-state index contributed by atoms with van der Waals surface area (Å²) < 4.78 is 5.79. The SMILES string of the molecule is CCNC(C)(CCOc1ccccc1C(C)C)C(=O)O. The molecule has 2 N–H and O–H groups in total. The second-order valence-corrected chi connectivity index (χ2v) is 5.46. The molecule has 20 heavy (non-hydrogen) atoms. The maximum absolute atomic E-state index is 11.3. The van der Waals surface area contributed by atoms with Gasteiger partial charge in [0.25, 0.3) is 0 Å². The highest BCUT2D eigenvalue weighted by atomic mass is 16.5. The third-order valence-corrected chi connectivity index (χ3v) is 3.44. The first-order valence-electron chi connectivity index (χ1n) is 7.11. The van der Waals surface area contributed by atoms with Crippen LogP contribution in [0, 0.1) is 0 Å². The van der Waals surface area contributed by atoms with E-state index in [1.807, 2.05) is 31.2 Å². The molecule has 1 unspecified atom stereocenters. The first kappa shape index (κ1) is 16.5. The van der Waals surface area contributed by atoms with Crippen LogP contribution in [-0.2, 0) is 4.79 Å². The Labute approximate surface area is 121 Å². The van der Waals surface area contributed by atoms with Crippen LogP contribution in [0.5, 0.6) is 5.75 Å². The van der Waals surface area contributed by atoms with Crippen molar-refractivity contribution in [3.8, 4) is 5.75 Å². The number of carboxylic acid groups (broad SMARTS) is 1. The largest absolute Gasteiger partial charge is 0.493 e. The quantitative estimate of drug-likeness (QED) is 0.768. The predicted molar refractivity (Wildman–Crippen MR) is 80.4 cm³/mol. The number of hydrogen-bond donors (Lipinski definition) is 2. The van der Waals surface area contributed by atoms with Crippen molar-refractivity contribution in [3.05, 3.63) is 29.8 Å². The number of rotatable bonds is 8. The first-order chi connectivity index (χ1) is 9.40. The summed E-state index contributed by atoms with van der Waals surface area (Å²) in [5.41, 5.74) is 0.203. The molecule has 0 heterocycles. The summed E-state index contributed by atoms with van der Waals surface area (Å²) in [5, 5.41) is 12.3. The van der Waals surface area contributed by atoms with E-state index in [0.29, 0.717) is 25.5 Å². The normalized spacial score (nSPS) is 14.1. The van der Waals surface area contributed by atoms with Crippen LogP contribution in [0.1, 0.15) is 45.6 Å². The number of likely N-dealkylation sites (N-methyl/N-ethyl adjacent to an activating group) is 1. The van der Waals surface area contributed by atoms with Crippen LogP contribution >= 0.6 is 0 Å². The maximum atomic E-state index is 11.3. The van der Waals surface area contributed by atoms with E-state index in [0.717, 1.165) is 11.3 Å². The molecule has 0 aliphatic carbocycles. The Morgan fingerprint density at radius 1 is 1.40 bits per heavy atom. The number of aliphatic carboxylic acids is 1. The van der Waals surface area contributed by atoms with E-state index in [9.17, 15) is 9.90 Å². The van der Waals surface area contributed by atoms with Gasteiger partial charge in [0.1, 0.15) is 11.3 Å². The molecule has 1 aromatic carbocycles. The molecule has 0 aliphatic heterocycles. The average molecular weight is 279 g/mol. The Morgan fingerprint density at radius 2 is 2.05 bits per heavy atom.